The molecule has 1 aromatic carbocycles. The highest BCUT2D eigenvalue weighted by Crippen LogP contribution is 2.31. The molecule has 0 spiro atoms. The van der Waals surface area contributed by atoms with Gasteiger partial charge in [-0.25, -0.2) is 14.4 Å². The van der Waals surface area contributed by atoms with Crippen LogP contribution in [0, 0.1) is 5.82 Å². The number of halogens is 1. The van der Waals surface area contributed by atoms with Crippen LogP contribution >= 0.6 is 0 Å². The molecule has 0 aliphatic carbocycles. The number of aliphatic hydroxyl groups excluding tert-OH is 1. The Bertz CT molecular complexity index is 956. The Hall–Kier alpha value is -3.13. The molecule has 0 saturated carbocycles. The molecule has 0 unspecified atom stereocenters. The molecule has 8 heteroatoms. The summed E-state index contributed by atoms with van der Waals surface area (Å²) in [5.41, 5.74) is 2.63. The fourth-order valence-corrected chi connectivity index (χ4v) is 2.93. The van der Waals surface area contributed by atoms with Crippen molar-refractivity contribution < 1.29 is 23.8 Å². The first-order valence-corrected chi connectivity index (χ1v) is 9.93. The second-order valence-corrected chi connectivity index (χ2v) is 7.67. The number of methoxy groups -OCH3 is 1. The largest absolute Gasteiger partial charge is 0.469 e. The molecule has 166 valence electrons. The second kappa shape index (κ2) is 10.8. The molecule has 2 aromatic rings. The van der Waals surface area contributed by atoms with E-state index in [4.69, 9.17) is 0 Å². The van der Waals surface area contributed by atoms with Crippen LogP contribution in [0.15, 0.2) is 30.3 Å². The SMILES string of the molecule is COC(=O)C[C@H](O)CC(=O)/C=C/c1c(-c2ccc(F)cc2)nc(N(C)C)nc1C(C)C. The van der Waals surface area contributed by atoms with Gasteiger partial charge in [0.25, 0.3) is 0 Å². The van der Waals surface area contributed by atoms with E-state index in [1.807, 2.05) is 27.9 Å². The van der Waals surface area contributed by atoms with E-state index in [9.17, 15) is 19.1 Å². The van der Waals surface area contributed by atoms with Crippen LogP contribution in [-0.4, -0.2) is 54.1 Å². The van der Waals surface area contributed by atoms with E-state index in [1.165, 1.54) is 25.3 Å². The molecule has 2 rings (SSSR count). The number of esters is 1. The first-order valence-electron chi connectivity index (χ1n) is 9.93. The number of nitrogens with zero attached hydrogens (tertiary/aromatic N) is 3. The minimum absolute atomic E-state index is 0.0283. The zero-order valence-corrected chi connectivity index (χ0v) is 18.4. The first-order chi connectivity index (χ1) is 14.6. The van der Waals surface area contributed by atoms with Crippen molar-refractivity contribution in [1.29, 1.82) is 0 Å². The lowest BCUT2D eigenvalue weighted by Crippen LogP contribution is -2.17. The monoisotopic (exact) mass is 429 g/mol. The fraction of sp³-hybridized carbons (Fsp3) is 0.391. The maximum atomic E-state index is 13.5. The molecule has 31 heavy (non-hydrogen) atoms. The van der Waals surface area contributed by atoms with Crippen molar-refractivity contribution in [3.8, 4) is 11.3 Å². The minimum atomic E-state index is -1.13. The third kappa shape index (κ3) is 6.68. The van der Waals surface area contributed by atoms with E-state index in [0.717, 1.165) is 5.69 Å². The van der Waals surface area contributed by atoms with Gasteiger partial charge in [0.1, 0.15) is 5.82 Å². The number of anilines is 1. The van der Waals surface area contributed by atoms with Gasteiger partial charge in [0.05, 0.1) is 31.0 Å². The Balaban J connectivity index is 2.46. The number of carbonyl (C=O) groups excluding carboxylic acids is 2. The van der Waals surface area contributed by atoms with Gasteiger partial charge >= 0.3 is 5.97 Å². The molecule has 7 nitrogen and oxygen atoms in total. The lowest BCUT2D eigenvalue weighted by Gasteiger charge is -2.19. The smallest absolute Gasteiger partial charge is 0.308 e. The number of aromatic nitrogens is 2. The van der Waals surface area contributed by atoms with Crippen molar-refractivity contribution in [3.05, 3.63) is 47.4 Å². The van der Waals surface area contributed by atoms with Gasteiger partial charge < -0.3 is 14.7 Å². The Morgan fingerprint density at radius 2 is 1.81 bits per heavy atom. The average Bonchev–Trinajstić information content (AvgIpc) is 2.71. The number of ether oxygens (including phenoxy) is 1. The van der Waals surface area contributed by atoms with Crippen LogP contribution in [0.5, 0.6) is 0 Å². The lowest BCUT2D eigenvalue weighted by molar-refractivity contribution is -0.143. The van der Waals surface area contributed by atoms with Crippen molar-refractivity contribution in [2.45, 2.75) is 38.7 Å². The first kappa shape index (κ1) is 24.1. The van der Waals surface area contributed by atoms with E-state index in [-0.39, 0.29) is 30.4 Å². The second-order valence-electron chi connectivity index (χ2n) is 7.67. The maximum absolute atomic E-state index is 13.5. The lowest BCUT2D eigenvalue weighted by atomic mass is 9.97. The van der Waals surface area contributed by atoms with Crippen molar-refractivity contribution in [2.75, 3.05) is 26.1 Å². The molecule has 0 bridgehead atoms. The van der Waals surface area contributed by atoms with Gasteiger partial charge in [0.2, 0.25) is 5.95 Å². The number of hydrogen-bond acceptors (Lipinski definition) is 7. The molecule has 1 N–H and O–H groups in total. The molecule has 1 aromatic heterocycles. The van der Waals surface area contributed by atoms with Gasteiger partial charge in [-0.3, -0.25) is 9.59 Å². The van der Waals surface area contributed by atoms with Crippen LogP contribution in [-0.2, 0) is 14.3 Å². The summed E-state index contributed by atoms with van der Waals surface area (Å²) < 4.78 is 18.0. The number of carbonyl (C=O) groups is 2. The molecule has 1 atom stereocenters. The summed E-state index contributed by atoms with van der Waals surface area (Å²) in [7, 11) is 4.88. The zero-order valence-electron chi connectivity index (χ0n) is 18.4. The molecule has 0 radical (unpaired) electrons. The number of hydrogen-bond donors (Lipinski definition) is 1. The topological polar surface area (TPSA) is 92.6 Å². The number of rotatable bonds is 9. The third-order valence-corrected chi connectivity index (χ3v) is 4.53. The zero-order chi connectivity index (χ0) is 23.1. The minimum Gasteiger partial charge on any atom is -0.469 e. The van der Waals surface area contributed by atoms with Gasteiger partial charge in [-0.05, 0) is 42.3 Å². The van der Waals surface area contributed by atoms with E-state index < -0.39 is 12.1 Å². The van der Waals surface area contributed by atoms with Gasteiger partial charge in [-0.2, -0.15) is 0 Å². The van der Waals surface area contributed by atoms with Crippen LogP contribution in [0.25, 0.3) is 17.3 Å². The Kier molecular flexibility index (Phi) is 8.38. The van der Waals surface area contributed by atoms with E-state index in [2.05, 4.69) is 14.7 Å². The predicted molar refractivity (Wildman–Crippen MR) is 117 cm³/mol. The summed E-state index contributed by atoms with van der Waals surface area (Å²) in [4.78, 5) is 34.6. The van der Waals surface area contributed by atoms with E-state index in [0.29, 0.717) is 22.8 Å². The highest BCUT2D eigenvalue weighted by Gasteiger charge is 2.19. The van der Waals surface area contributed by atoms with E-state index in [1.54, 1.807) is 23.1 Å². The van der Waals surface area contributed by atoms with Crippen molar-refractivity contribution in [1.82, 2.24) is 9.97 Å². The Morgan fingerprint density at radius 3 is 2.35 bits per heavy atom. The van der Waals surface area contributed by atoms with Crippen molar-refractivity contribution in [2.24, 2.45) is 0 Å². The quantitative estimate of drug-likeness (QED) is 0.483. The molecule has 0 saturated heterocycles. The number of ketones is 1. The summed E-state index contributed by atoms with van der Waals surface area (Å²) >= 11 is 0. The van der Waals surface area contributed by atoms with Crippen molar-refractivity contribution in [3.63, 3.8) is 0 Å². The molecule has 1 heterocycles. The Labute approximate surface area is 181 Å². The van der Waals surface area contributed by atoms with Gasteiger partial charge in [0, 0.05) is 31.6 Å². The predicted octanol–water partition coefficient (Wildman–Crippen LogP) is 3.37. The molecular weight excluding hydrogens is 401 g/mol. The summed E-state index contributed by atoms with van der Waals surface area (Å²) in [5.74, 6) is -0.771. The normalized spacial score (nSPS) is 12.3. The molecule has 0 amide bonds. The summed E-state index contributed by atoms with van der Waals surface area (Å²) in [5, 5.41) is 9.90. The highest BCUT2D eigenvalue weighted by molar-refractivity contribution is 5.95. The average molecular weight is 429 g/mol. The number of allylic oxidation sites excluding steroid dienone is 1. The standard InChI is InChI=1S/C23H28FN3O4/c1-14(2)21-19(11-10-17(28)12-18(29)13-20(30)31-5)22(26-23(25-21)27(3)4)15-6-8-16(24)9-7-15/h6-11,14,18,29H,12-13H2,1-5H3/b11-10+/t18-/m1/s1. The van der Waals surface area contributed by atoms with Crippen LogP contribution in [0.1, 0.15) is 43.9 Å². The summed E-state index contributed by atoms with van der Waals surface area (Å²) in [6.07, 6.45) is 1.35. The highest BCUT2D eigenvalue weighted by atomic mass is 19.1. The molecule has 0 aliphatic rings. The Morgan fingerprint density at radius 1 is 1.16 bits per heavy atom. The van der Waals surface area contributed by atoms with Gasteiger partial charge in [-0.15, -0.1) is 0 Å². The van der Waals surface area contributed by atoms with Crippen LogP contribution in [0.2, 0.25) is 0 Å². The van der Waals surface area contributed by atoms with Crippen LogP contribution < -0.4 is 4.90 Å². The number of benzene rings is 1. The van der Waals surface area contributed by atoms with E-state index >= 15 is 0 Å². The van der Waals surface area contributed by atoms with Crippen LogP contribution in [0.4, 0.5) is 10.3 Å². The summed E-state index contributed by atoms with van der Waals surface area (Å²) in [6.45, 7) is 3.96. The fourth-order valence-electron chi connectivity index (χ4n) is 2.93. The summed E-state index contributed by atoms with van der Waals surface area (Å²) in [6, 6.07) is 5.95. The molecule has 0 fully saturated rings. The molecule has 0 aliphatic heterocycles. The van der Waals surface area contributed by atoms with Crippen molar-refractivity contribution >= 4 is 23.8 Å². The third-order valence-electron chi connectivity index (χ3n) is 4.53. The number of aliphatic hydroxyl groups is 1. The van der Waals surface area contributed by atoms with Gasteiger partial charge in [0.15, 0.2) is 5.78 Å². The van der Waals surface area contributed by atoms with Gasteiger partial charge in [-0.1, -0.05) is 13.8 Å². The van der Waals surface area contributed by atoms with Crippen LogP contribution in [0.3, 0.4) is 0 Å². The molecular formula is C23H28FN3O4. The maximum Gasteiger partial charge on any atom is 0.308 e.